The van der Waals surface area contributed by atoms with Gasteiger partial charge in [-0.25, -0.2) is 0 Å². The van der Waals surface area contributed by atoms with Gasteiger partial charge >= 0.3 is 11.8 Å². The molecule has 0 radical (unpaired) electrons. The smallest absolute Gasteiger partial charge is 0.312 e. The standard InChI is InChI=1S/C23H26N4O3/c1-17-2-4-18(5-3-17)16-26-14-15-27(23(30)22(26)29)20-8-12-25(13-9-20)21(28)19-6-10-24-11-7-19/h2-7,10-11,20H,8-9,12-16H2,1H3. The number of aromatic nitrogens is 1. The number of aryl methyl sites for hydroxylation is 1. The van der Waals surface area contributed by atoms with Crippen molar-refractivity contribution < 1.29 is 14.4 Å². The van der Waals surface area contributed by atoms with Gasteiger partial charge in [-0.3, -0.25) is 19.4 Å². The van der Waals surface area contributed by atoms with E-state index in [1.54, 1.807) is 34.3 Å². The zero-order chi connectivity index (χ0) is 21.1. The van der Waals surface area contributed by atoms with E-state index in [0.717, 1.165) is 5.56 Å². The average molecular weight is 406 g/mol. The molecular formula is C23H26N4O3. The number of hydrogen-bond acceptors (Lipinski definition) is 4. The van der Waals surface area contributed by atoms with Crippen LogP contribution in [0.3, 0.4) is 0 Å². The van der Waals surface area contributed by atoms with Gasteiger partial charge in [0, 0.05) is 56.7 Å². The lowest BCUT2D eigenvalue weighted by molar-refractivity contribution is -0.158. The van der Waals surface area contributed by atoms with Crippen LogP contribution in [0, 0.1) is 6.92 Å². The summed E-state index contributed by atoms with van der Waals surface area (Å²) in [6, 6.07) is 11.4. The Morgan fingerprint density at radius 3 is 2.27 bits per heavy atom. The normalized spacial score (nSPS) is 18.1. The molecule has 2 aromatic rings. The van der Waals surface area contributed by atoms with E-state index in [9.17, 15) is 14.4 Å². The highest BCUT2D eigenvalue weighted by atomic mass is 16.2. The van der Waals surface area contributed by atoms with Crippen molar-refractivity contribution in [3.8, 4) is 0 Å². The molecule has 0 unspecified atom stereocenters. The van der Waals surface area contributed by atoms with Gasteiger partial charge in [0.2, 0.25) is 0 Å². The molecule has 0 bridgehead atoms. The third-order valence-corrected chi connectivity index (χ3v) is 5.96. The molecule has 3 heterocycles. The minimum Gasteiger partial charge on any atom is -0.338 e. The summed E-state index contributed by atoms with van der Waals surface area (Å²) in [5, 5.41) is 0. The fourth-order valence-corrected chi connectivity index (χ4v) is 4.16. The van der Waals surface area contributed by atoms with E-state index in [1.807, 2.05) is 36.1 Å². The zero-order valence-electron chi connectivity index (χ0n) is 17.2. The summed E-state index contributed by atoms with van der Waals surface area (Å²) in [6.45, 7) is 4.71. The first kappa shape index (κ1) is 20.1. The number of likely N-dealkylation sites (tertiary alicyclic amines) is 1. The first-order chi connectivity index (χ1) is 14.5. The predicted octanol–water partition coefficient (Wildman–Crippen LogP) is 1.87. The fraction of sp³-hybridized carbons (Fsp3) is 0.391. The van der Waals surface area contributed by atoms with E-state index in [4.69, 9.17) is 0 Å². The monoisotopic (exact) mass is 406 g/mol. The van der Waals surface area contributed by atoms with Crippen LogP contribution in [0.4, 0.5) is 0 Å². The van der Waals surface area contributed by atoms with Crippen molar-refractivity contribution in [2.45, 2.75) is 32.4 Å². The number of hydrogen-bond donors (Lipinski definition) is 0. The van der Waals surface area contributed by atoms with Crippen molar-refractivity contribution >= 4 is 17.7 Å². The molecule has 2 aliphatic rings. The van der Waals surface area contributed by atoms with Crippen molar-refractivity contribution in [1.82, 2.24) is 19.7 Å². The third-order valence-electron chi connectivity index (χ3n) is 5.96. The first-order valence-electron chi connectivity index (χ1n) is 10.4. The lowest BCUT2D eigenvalue weighted by atomic mass is 10.0. The van der Waals surface area contributed by atoms with Gasteiger partial charge in [-0.1, -0.05) is 29.8 Å². The van der Waals surface area contributed by atoms with Gasteiger partial charge in [0.1, 0.15) is 0 Å². The SMILES string of the molecule is Cc1ccc(CN2CCN(C3CCN(C(=O)c4ccncc4)CC3)C(=O)C2=O)cc1. The Morgan fingerprint density at radius 1 is 0.933 bits per heavy atom. The highest BCUT2D eigenvalue weighted by Crippen LogP contribution is 2.21. The fourth-order valence-electron chi connectivity index (χ4n) is 4.16. The highest BCUT2D eigenvalue weighted by Gasteiger charge is 2.38. The highest BCUT2D eigenvalue weighted by molar-refractivity contribution is 6.35. The van der Waals surface area contributed by atoms with Gasteiger partial charge in [0.25, 0.3) is 5.91 Å². The van der Waals surface area contributed by atoms with Crippen molar-refractivity contribution in [3.05, 3.63) is 65.5 Å². The number of pyridine rings is 1. The first-order valence-corrected chi connectivity index (χ1v) is 10.4. The summed E-state index contributed by atoms with van der Waals surface area (Å²) in [5.41, 5.74) is 2.82. The zero-order valence-corrected chi connectivity index (χ0v) is 17.2. The number of nitrogens with zero attached hydrogens (tertiary/aromatic N) is 4. The largest absolute Gasteiger partial charge is 0.338 e. The quantitative estimate of drug-likeness (QED) is 0.727. The summed E-state index contributed by atoms with van der Waals surface area (Å²) in [6.07, 6.45) is 4.60. The molecule has 7 nitrogen and oxygen atoms in total. The van der Waals surface area contributed by atoms with Crippen molar-refractivity contribution in [2.24, 2.45) is 0 Å². The number of piperidine rings is 1. The van der Waals surface area contributed by atoms with Gasteiger partial charge < -0.3 is 14.7 Å². The van der Waals surface area contributed by atoms with E-state index >= 15 is 0 Å². The van der Waals surface area contributed by atoms with E-state index in [2.05, 4.69) is 4.98 Å². The Morgan fingerprint density at radius 2 is 1.60 bits per heavy atom. The number of benzene rings is 1. The van der Waals surface area contributed by atoms with Crippen molar-refractivity contribution in [2.75, 3.05) is 26.2 Å². The number of rotatable bonds is 4. The molecule has 1 aromatic heterocycles. The molecule has 0 saturated carbocycles. The van der Waals surface area contributed by atoms with E-state index in [1.165, 1.54) is 5.56 Å². The second-order valence-electron chi connectivity index (χ2n) is 7.97. The number of carbonyl (C=O) groups excluding carboxylic acids is 3. The maximum atomic E-state index is 12.8. The van der Waals surface area contributed by atoms with Gasteiger partial charge in [-0.05, 0) is 37.5 Å². The molecule has 2 fully saturated rings. The number of piperazine rings is 1. The molecule has 2 aliphatic heterocycles. The molecule has 0 spiro atoms. The van der Waals surface area contributed by atoms with E-state index in [-0.39, 0.29) is 11.9 Å². The molecule has 3 amide bonds. The number of amides is 3. The molecule has 1 aromatic carbocycles. The second-order valence-corrected chi connectivity index (χ2v) is 7.97. The van der Waals surface area contributed by atoms with Crippen LogP contribution < -0.4 is 0 Å². The van der Waals surface area contributed by atoms with Crippen LogP contribution in [-0.2, 0) is 16.1 Å². The van der Waals surface area contributed by atoms with Crippen LogP contribution in [0.15, 0.2) is 48.8 Å². The average Bonchev–Trinajstić information content (AvgIpc) is 2.79. The van der Waals surface area contributed by atoms with E-state index < -0.39 is 11.8 Å². The second kappa shape index (κ2) is 8.65. The molecule has 0 atom stereocenters. The Balaban J connectivity index is 1.33. The van der Waals surface area contributed by atoms with E-state index in [0.29, 0.717) is 51.1 Å². The summed E-state index contributed by atoms with van der Waals surface area (Å²) in [7, 11) is 0. The van der Waals surface area contributed by atoms with Crippen LogP contribution in [0.5, 0.6) is 0 Å². The van der Waals surface area contributed by atoms with Crippen LogP contribution in [0.1, 0.15) is 34.3 Å². The predicted molar refractivity (Wildman–Crippen MR) is 111 cm³/mol. The van der Waals surface area contributed by atoms with Crippen molar-refractivity contribution in [3.63, 3.8) is 0 Å². The van der Waals surface area contributed by atoms with Crippen LogP contribution >= 0.6 is 0 Å². The summed E-state index contributed by atoms with van der Waals surface area (Å²) < 4.78 is 0. The third kappa shape index (κ3) is 4.20. The molecule has 156 valence electrons. The summed E-state index contributed by atoms with van der Waals surface area (Å²) in [5.74, 6) is -0.870. The Bertz CT molecular complexity index is 921. The topological polar surface area (TPSA) is 73.8 Å². The Labute approximate surface area is 176 Å². The van der Waals surface area contributed by atoms with Gasteiger partial charge in [-0.2, -0.15) is 0 Å². The van der Waals surface area contributed by atoms with Gasteiger partial charge in [0.05, 0.1) is 0 Å². The van der Waals surface area contributed by atoms with Crippen LogP contribution in [0.25, 0.3) is 0 Å². The van der Waals surface area contributed by atoms with Crippen LogP contribution in [-0.4, -0.2) is 69.6 Å². The lowest BCUT2D eigenvalue weighted by Crippen LogP contribution is -2.59. The Kier molecular flexibility index (Phi) is 5.79. The molecular weight excluding hydrogens is 380 g/mol. The minimum atomic E-state index is -0.433. The maximum absolute atomic E-state index is 12.8. The lowest BCUT2D eigenvalue weighted by Gasteiger charge is -2.42. The van der Waals surface area contributed by atoms with Crippen molar-refractivity contribution in [1.29, 1.82) is 0 Å². The molecule has 2 saturated heterocycles. The van der Waals surface area contributed by atoms with Gasteiger partial charge in [-0.15, -0.1) is 0 Å². The summed E-state index contributed by atoms with van der Waals surface area (Å²) in [4.78, 5) is 47.1. The number of carbonyl (C=O) groups is 3. The molecule has 7 heteroatoms. The van der Waals surface area contributed by atoms with Crippen LogP contribution in [0.2, 0.25) is 0 Å². The molecule has 0 N–H and O–H groups in total. The maximum Gasteiger partial charge on any atom is 0.312 e. The molecule has 30 heavy (non-hydrogen) atoms. The molecule has 0 aliphatic carbocycles. The Hall–Kier alpha value is -3.22. The van der Waals surface area contributed by atoms with Gasteiger partial charge in [0.15, 0.2) is 0 Å². The summed E-state index contributed by atoms with van der Waals surface area (Å²) >= 11 is 0. The molecule has 4 rings (SSSR count). The minimum absolute atomic E-state index is 0.00413.